The highest BCUT2D eigenvalue weighted by Gasteiger charge is 2.22. The van der Waals surface area contributed by atoms with Crippen LogP contribution in [0, 0.1) is 0 Å². The Morgan fingerprint density at radius 3 is 2.00 bits per heavy atom. The van der Waals surface area contributed by atoms with Crippen molar-refractivity contribution in [2.45, 2.75) is 21.2 Å². The van der Waals surface area contributed by atoms with Gasteiger partial charge in [-0.15, -0.1) is 12.6 Å². The van der Waals surface area contributed by atoms with E-state index in [0.29, 0.717) is 37.3 Å². The summed E-state index contributed by atoms with van der Waals surface area (Å²) in [6.45, 7) is 4.10. The summed E-state index contributed by atoms with van der Waals surface area (Å²) in [5.74, 6) is 1.15. The van der Waals surface area contributed by atoms with Gasteiger partial charge in [0.05, 0.1) is 20.1 Å². The van der Waals surface area contributed by atoms with E-state index in [2.05, 4.69) is 46.8 Å². The molecule has 0 aliphatic carbocycles. The standard InChI is InChI=1S/C29H25Cl2N3O2S.C6H4Cl2S/c30-26-12-10-24(18-27(26)31)37-25-11-13-28(32-19-25)36-23-8-6-22(7-9-23)29(35)34-16-14-33(15-17-34)20-21-4-2-1-3-5-21;7-5-2-1-4(9)3-6(5)8/h1-13,18-19H,14-17,20H2;1-3,9H. The fourth-order valence-corrected chi connectivity index (χ4v) is 6.34. The van der Waals surface area contributed by atoms with Gasteiger partial charge in [-0.1, -0.05) is 88.5 Å². The van der Waals surface area contributed by atoms with Crippen molar-refractivity contribution < 1.29 is 9.53 Å². The third-order valence-corrected chi connectivity index (χ3v) is 9.69. The number of aromatic nitrogens is 1. The largest absolute Gasteiger partial charge is 0.439 e. The first kappa shape index (κ1) is 34.5. The second kappa shape index (κ2) is 16.8. The van der Waals surface area contributed by atoms with Crippen LogP contribution in [0.4, 0.5) is 0 Å². The van der Waals surface area contributed by atoms with Crippen LogP contribution < -0.4 is 4.74 Å². The molecule has 4 aromatic carbocycles. The third kappa shape index (κ3) is 10.1. The second-order valence-corrected chi connectivity index (χ2v) is 13.6. The minimum Gasteiger partial charge on any atom is -0.439 e. The van der Waals surface area contributed by atoms with E-state index in [0.717, 1.165) is 47.4 Å². The summed E-state index contributed by atoms with van der Waals surface area (Å²) >= 11 is 28.9. The van der Waals surface area contributed by atoms with Crippen LogP contribution >= 0.6 is 70.8 Å². The summed E-state index contributed by atoms with van der Waals surface area (Å²) in [7, 11) is 0. The first-order chi connectivity index (χ1) is 22.2. The van der Waals surface area contributed by atoms with E-state index < -0.39 is 0 Å². The van der Waals surface area contributed by atoms with Gasteiger partial charge in [0.15, 0.2) is 0 Å². The molecular weight excluding hydrogens is 700 g/mol. The van der Waals surface area contributed by atoms with E-state index in [9.17, 15) is 4.79 Å². The number of pyridine rings is 1. The molecule has 2 heterocycles. The summed E-state index contributed by atoms with van der Waals surface area (Å²) in [5, 5.41) is 2.16. The normalized spacial score (nSPS) is 13.1. The molecule has 0 N–H and O–H groups in total. The number of ether oxygens (including phenoxy) is 1. The van der Waals surface area contributed by atoms with E-state index in [1.54, 1.807) is 42.6 Å². The number of piperazine rings is 1. The van der Waals surface area contributed by atoms with E-state index in [1.165, 1.54) is 17.3 Å². The molecule has 0 unspecified atom stereocenters. The Bertz CT molecular complexity index is 1750. The molecule has 11 heteroatoms. The lowest BCUT2D eigenvalue weighted by molar-refractivity contribution is 0.0628. The molecule has 236 valence electrons. The first-order valence-electron chi connectivity index (χ1n) is 14.3. The van der Waals surface area contributed by atoms with Crippen LogP contribution in [0.15, 0.2) is 124 Å². The van der Waals surface area contributed by atoms with Crippen LogP contribution in [0.25, 0.3) is 0 Å². The molecule has 46 heavy (non-hydrogen) atoms. The Morgan fingerprint density at radius 2 is 1.39 bits per heavy atom. The average Bonchev–Trinajstić information content (AvgIpc) is 3.07. The summed E-state index contributed by atoms with van der Waals surface area (Å²) in [6.07, 6.45) is 1.75. The zero-order chi connectivity index (χ0) is 32.5. The minimum absolute atomic E-state index is 0.0488. The lowest BCUT2D eigenvalue weighted by Crippen LogP contribution is -2.48. The van der Waals surface area contributed by atoms with Crippen molar-refractivity contribution in [1.82, 2.24) is 14.8 Å². The number of nitrogens with zero attached hydrogens (tertiary/aromatic N) is 3. The van der Waals surface area contributed by atoms with E-state index in [1.807, 2.05) is 47.4 Å². The van der Waals surface area contributed by atoms with Gasteiger partial charge < -0.3 is 9.64 Å². The van der Waals surface area contributed by atoms with Gasteiger partial charge in [0, 0.05) is 65.2 Å². The number of carbonyl (C=O) groups is 1. The predicted octanol–water partition coefficient (Wildman–Crippen LogP) is 10.6. The molecule has 0 bridgehead atoms. The molecule has 0 spiro atoms. The Labute approximate surface area is 298 Å². The maximum atomic E-state index is 13.0. The minimum atomic E-state index is 0.0488. The number of carbonyl (C=O) groups excluding carboxylic acids is 1. The molecule has 6 rings (SSSR count). The van der Waals surface area contributed by atoms with Crippen LogP contribution in [-0.2, 0) is 6.54 Å². The van der Waals surface area contributed by atoms with Crippen molar-refractivity contribution in [1.29, 1.82) is 0 Å². The lowest BCUT2D eigenvalue weighted by Gasteiger charge is -2.34. The smallest absolute Gasteiger partial charge is 0.253 e. The summed E-state index contributed by atoms with van der Waals surface area (Å²) in [6, 6.07) is 32.1. The van der Waals surface area contributed by atoms with E-state index in [-0.39, 0.29) is 5.91 Å². The van der Waals surface area contributed by atoms with E-state index >= 15 is 0 Å². The summed E-state index contributed by atoms with van der Waals surface area (Å²) in [5.41, 5.74) is 1.96. The number of rotatable bonds is 7. The van der Waals surface area contributed by atoms with E-state index in [4.69, 9.17) is 51.1 Å². The van der Waals surface area contributed by atoms with Crippen LogP contribution in [0.3, 0.4) is 0 Å². The Hall–Kier alpha value is -2.88. The zero-order valence-corrected chi connectivity index (χ0v) is 29.2. The van der Waals surface area contributed by atoms with Gasteiger partial charge in [-0.05, 0) is 72.3 Å². The quantitative estimate of drug-likeness (QED) is 0.169. The van der Waals surface area contributed by atoms with Crippen LogP contribution in [0.5, 0.6) is 11.6 Å². The number of halogens is 4. The number of benzene rings is 4. The number of amides is 1. The van der Waals surface area contributed by atoms with Gasteiger partial charge in [-0.2, -0.15) is 0 Å². The van der Waals surface area contributed by atoms with Crippen molar-refractivity contribution in [3.8, 4) is 11.6 Å². The fourth-order valence-electron chi connectivity index (χ4n) is 4.57. The second-order valence-electron chi connectivity index (χ2n) is 10.3. The first-order valence-corrected chi connectivity index (χ1v) is 17.1. The highest BCUT2D eigenvalue weighted by molar-refractivity contribution is 7.99. The Kier molecular flexibility index (Phi) is 12.6. The summed E-state index contributed by atoms with van der Waals surface area (Å²) in [4.78, 5) is 24.5. The molecule has 0 atom stereocenters. The maximum Gasteiger partial charge on any atom is 0.253 e. The molecule has 5 aromatic rings. The van der Waals surface area contributed by atoms with Gasteiger partial charge in [-0.3, -0.25) is 9.69 Å². The van der Waals surface area contributed by atoms with Gasteiger partial charge in [-0.25, -0.2) is 4.98 Å². The molecule has 1 amide bonds. The van der Waals surface area contributed by atoms with Crippen molar-refractivity contribution in [2.24, 2.45) is 0 Å². The molecule has 5 nitrogen and oxygen atoms in total. The molecule has 1 fully saturated rings. The molecule has 1 aromatic heterocycles. The fraction of sp³-hybridized carbons (Fsp3) is 0.143. The zero-order valence-electron chi connectivity index (χ0n) is 24.5. The molecule has 1 aliphatic rings. The molecule has 1 aliphatic heterocycles. The van der Waals surface area contributed by atoms with Gasteiger partial charge in [0.25, 0.3) is 5.91 Å². The third-order valence-electron chi connectivity index (χ3n) is 6.97. The molecule has 0 radical (unpaired) electrons. The maximum absolute atomic E-state index is 13.0. The molecular formula is C35H29Cl4N3O2S2. The SMILES string of the molecule is O=C(c1ccc(Oc2ccc(Sc3ccc(Cl)c(Cl)c3)cn2)cc1)N1CCN(Cc2ccccc2)CC1.Sc1ccc(Cl)c(Cl)c1. The van der Waals surface area contributed by atoms with Gasteiger partial charge >= 0.3 is 0 Å². The molecule has 0 saturated carbocycles. The average molecular weight is 730 g/mol. The van der Waals surface area contributed by atoms with Crippen LogP contribution in [-0.4, -0.2) is 46.9 Å². The van der Waals surface area contributed by atoms with Crippen molar-refractivity contribution in [2.75, 3.05) is 26.2 Å². The monoisotopic (exact) mass is 727 g/mol. The highest BCUT2D eigenvalue weighted by Crippen LogP contribution is 2.33. The lowest BCUT2D eigenvalue weighted by atomic mass is 10.1. The van der Waals surface area contributed by atoms with Crippen molar-refractivity contribution in [3.63, 3.8) is 0 Å². The number of hydrogen-bond acceptors (Lipinski definition) is 6. The van der Waals surface area contributed by atoms with Crippen molar-refractivity contribution >= 4 is 76.7 Å². The van der Waals surface area contributed by atoms with Crippen LogP contribution in [0.1, 0.15) is 15.9 Å². The number of hydrogen-bond donors (Lipinski definition) is 1. The Balaban J connectivity index is 0.000000400. The predicted molar refractivity (Wildman–Crippen MR) is 193 cm³/mol. The Morgan fingerprint density at radius 1 is 0.739 bits per heavy atom. The molecule has 1 saturated heterocycles. The van der Waals surface area contributed by atoms with Gasteiger partial charge in [0.1, 0.15) is 5.75 Å². The summed E-state index contributed by atoms with van der Waals surface area (Å²) < 4.78 is 5.88. The number of thiol groups is 1. The topological polar surface area (TPSA) is 45.7 Å². The van der Waals surface area contributed by atoms with Crippen molar-refractivity contribution in [3.05, 3.63) is 141 Å². The van der Waals surface area contributed by atoms with Gasteiger partial charge in [0.2, 0.25) is 5.88 Å². The van der Waals surface area contributed by atoms with Crippen LogP contribution in [0.2, 0.25) is 20.1 Å². The highest BCUT2D eigenvalue weighted by atomic mass is 35.5.